The van der Waals surface area contributed by atoms with Crippen molar-refractivity contribution in [2.24, 2.45) is 0 Å². The van der Waals surface area contributed by atoms with Crippen molar-refractivity contribution in [3.8, 4) is 5.88 Å². The van der Waals surface area contributed by atoms with Crippen molar-refractivity contribution in [3.63, 3.8) is 0 Å². The second-order valence-corrected chi connectivity index (χ2v) is 5.45. The lowest BCUT2D eigenvalue weighted by Gasteiger charge is -2.07. The lowest BCUT2D eigenvalue weighted by molar-refractivity contribution is -0.138. The number of hydrogen-bond donors (Lipinski definition) is 1. The van der Waals surface area contributed by atoms with Gasteiger partial charge in [0.15, 0.2) is 0 Å². The lowest BCUT2D eigenvalue weighted by atomic mass is 10.1. The summed E-state index contributed by atoms with van der Waals surface area (Å²) in [7, 11) is 1.49. The maximum atomic E-state index is 10.9. The molecule has 0 aliphatic rings. The zero-order valence-electron chi connectivity index (χ0n) is 11.6. The van der Waals surface area contributed by atoms with Crippen molar-refractivity contribution >= 4 is 29.2 Å². The third-order valence-electron chi connectivity index (χ3n) is 2.98. The van der Waals surface area contributed by atoms with E-state index < -0.39 is 5.97 Å². The summed E-state index contributed by atoms with van der Waals surface area (Å²) >= 11 is 12.0. The van der Waals surface area contributed by atoms with Gasteiger partial charge in [-0.2, -0.15) is 5.10 Å². The smallest absolute Gasteiger partial charge is 0.325 e. The van der Waals surface area contributed by atoms with Gasteiger partial charge < -0.3 is 9.84 Å². The molecule has 0 saturated carbocycles. The zero-order valence-corrected chi connectivity index (χ0v) is 13.1. The minimum absolute atomic E-state index is 0.250. The maximum absolute atomic E-state index is 10.9. The molecule has 1 N–H and O–H groups in total. The Morgan fingerprint density at radius 1 is 1.33 bits per heavy atom. The summed E-state index contributed by atoms with van der Waals surface area (Å²) in [6.07, 6.45) is 0.509. The monoisotopic (exact) mass is 328 g/mol. The number of carboxylic acids is 1. The fourth-order valence-electron chi connectivity index (χ4n) is 2.18. The van der Waals surface area contributed by atoms with Crippen molar-refractivity contribution in [1.29, 1.82) is 0 Å². The van der Waals surface area contributed by atoms with Gasteiger partial charge >= 0.3 is 5.97 Å². The van der Waals surface area contributed by atoms with Crippen LogP contribution in [0.15, 0.2) is 18.2 Å². The Balaban J connectivity index is 2.39. The van der Waals surface area contributed by atoms with Gasteiger partial charge in [-0.1, -0.05) is 23.2 Å². The summed E-state index contributed by atoms with van der Waals surface area (Å²) in [5, 5.41) is 14.2. The number of aryl methyl sites for hydroxylation is 1. The number of nitrogens with zero attached hydrogens (tertiary/aromatic N) is 2. The van der Waals surface area contributed by atoms with Crippen LogP contribution in [0, 0.1) is 6.92 Å². The standard InChI is InChI=1S/C14H14Cl2N2O3/c1-8-12(5-9-3-10(15)6-11(16)4-9)14(21-2)18(17-8)7-13(19)20/h3-4,6H,5,7H2,1-2H3,(H,19,20). The lowest BCUT2D eigenvalue weighted by Crippen LogP contribution is -2.11. The molecule has 0 radical (unpaired) electrons. The van der Waals surface area contributed by atoms with Gasteiger partial charge in [-0.25, -0.2) is 4.68 Å². The quantitative estimate of drug-likeness (QED) is 0.915. The number of carbonyl (C=O) groups is 1. The molecule has 0 unspecified atom stereocenters. The van der Waals surface area contributed by atoms with Crippen LogP contribution in [-0.4, -0.2) is 28.0 Å². The Bertz CT molecular complexity index is 663. The van der Waals surface area contributed by atoms with E-state index in [1.807, 2.05) is 6.92 Å². The van der Waals surface area contributed by atoms with Crippen molar-refractivity contribution in [1.82, 2.24) is 9.78 Å². The molecule has 1 aromatic heterocycles. The summed E-state index contributed by atoms with van der Waals surface area (Å²) < 4.78 is 6.63. The molecule has 2 rings (SSSR count). The van der Waals surface area contributed by atoms with Gasteiger partial charge in [0, 0.05) is 22.0 Å². The molecule has 5 nitrogen and oxygen atoms in total. The highest BCUT2D eigenvalue weighted by Crippen LogP contribution is 2.27. The predicted molar refractivity (Wildman–Crippen MR) is 80.4 cm³/mol. The van der Waals surface area contributed by atoms with Gasteiger partial charge in [-0.3, -0.25) is 4.79 Å². The number of halogens is 2. The highest BCUT2D eigenvalue weighted by molar-refractivity contribution is 6.34. The highest BCUT2D eigenvalue weighted by atomic mass is 35.5. The molecule has 0 aliphatic carbocycles. The highest BCUT2D eigenvalue weighted by Gasteiger charge is 2.18. The van der Waals surface area contributed by atoms with Crippen LogP contribution in [0.25, 0.3) is 0 Å². The summed E-state index contributed by atoms with van der Waals surface area (Å²) in [4.78, 5) is 10.9. The second-order valence-electron chi connectivity index (χ2n) is 4.58. The second kappa shape index (κ2) is 6.37. The van der Waals surface area contributed by atoms with Crippen LogP contribution in [0.3, 0.4) is 0 Å². The molecule has 1 heterocycles. The number of aliphatic carboxylic acids is 1. The first-order chi connectivity index (χ1) is 9.90. The van der Waals surface area contributed by atoms with Gasteiger partial charge in [0.05, 0.1) is 12.8 Å². The van der Waals surface area contributed by atoms with Crippen LogP contribution in [0.1, 0.15) is 16.8 Å². The number of aromatic nitrogens is 2. The van der Waals surface area contributed by atoms with E-state index in [1.165, 1.54) is 11.8 Å². The fraction of sp³-hybridized carbons (Fsp3) is 0.286. The van der Waals surface area contributed by atoms with Crippen molar-refractivity contribution in [3.05, 3.63) is 45.1 Å². The van der Waals surface area contributed by atoms with Gasteiger partial charge in [0.1, 0.15) is 6.54 Å². The van der Waals surface area contributed by atoms with Crippen LogP contribution in [0.4, 0.5) is 0 Å². The molecule has 0 amide bonds. The van der Waals surface area contributed by atoms with E-state index in [-0.39, 0.29) is 6.54 Å². The summed E-state index contributed by atoms with van der Waals surface area (Å²) in [5.41, 5.74) is 2.44. The molecule has 7 heteroatoms. The molecule has 0 saturated heterocycles. The molecule has 0 bridgehead atoms. The number of rotatable bonds is 5. The molecule has 1 aromatic carbocycles. The SMILES string of the molecule is COc1c(Cc2cc(Cl)cc(Cl)c2)c(C)nn1CC(=O)O. The van der Waals surface area contributed by atoms with Gasteiger partial charge in [0.25, 0.3) is 0 Å². The van der Waals surface area contributed by atoms with E-state index in [2.05, 4.69) is 5.10 Å². The third kappa shape index (κ3) is 3.68. The number of methoxy groups -OCH3 is 1. The zero-order chi connectivity index (χ0) is 15.6. The van der Waals surface area contributed by atoms with E-state index in [0.717, 1.165) is 11.1 Å². The molecule has 112 valence electrons. The van der Waals surface area contributed by atoms with Crippen molar-refractivity contribution < 1.29 is 14.6 Å². The maximum Gasteiger partial charge on any atom is 0.325 e. The van der Waals surface area contributed by atoms with Crippen LogP contribution < -0.4 is 4.74 Å². The van der Waals surface area contributed by atoms with E-state index >= 15 is 0 Å². The molecule has 0 atom stereocenters. The first-order valence-corrected chi connectivity index (χ1v) is 6.93. The molecular weight excluding hydrogens is 315 g/mol. The Labute approximate surface area is 132 Å². The van der Waals surface area contributed by atoms with Gasteiger partial charge in [-0.05, 0) is 30.7 Å². The molecule has 0 fully saturated rings. The number of hydrogen-bond acceptors (Lipinski definition) is 3. The normalized spacial score (nSPS) is 10.7. The predicted octanol–water partition coefficient (Wildman–Crippen LogP) is 3.18. The Hall–Kier alpha value is -1.72. The minimum Gasteiger partial charge on any atom is -0.481 e. The molecule has 0 spiro atoms. The van der Waals surface area contributed by atoms with E-state index in [0.29, 0.717) is 28.0 Å². The average molecular weight is 329 g/mol. The van der Waals surface area contributed by atoms with Crippen LogP contribution in [0.2, 0.25) is 10.0 Å². The van der Waals surface area contributed by atoms with Gasteiger partial charge in [0.2, 0.25) is 5.88 Å². The van der Waals surface area contributed by atoms with E-state index in [4.69, 9.17) is 33.0 Å². The minimum atomic E-state index is -0.979. The van der Waals surface area contributed by atoms with Crippen LogP contribution in [0.5, 0.6) is 5.88 Å². The number of ether oxygens (including phenoxy) is 1. The summed E-state index contributed by atoms with van der Waals surface area (Å²) in [6, 6.07) is 5.27. The fourth-order valence-corrected chi connectivity index (χ4v) is 2.75. The largest absolute Gasteiger partial charge is 0.481 e. The Morgan fingerprint density at radius 2 is 1.95 bits per heavy atom. The Morgan fingerprint density at radius 3 is 2.48 bits per heavy atom. The first-order valence-electron chi connectivity index (χ1n) is 6.17. The first kappa shape index (κ1) is 15.7. The third-order valence-corrected chi connectivity index (χ3v) is 3.42. The molecular formula is C14H14Cl2N2O3. The molecule has 2 aromatic rings. The average Bonchev–Trinajstić information content (AvgIpc) is 2.63. The van der Waals surface area contributed by atoms with Crippen molar-refractivity contribution in [2.75, 3.05) is 7.11 Å². The van der Waals surface area contributed by atoms with Crippen LogP contribution in [-0.2, 0) is 17.8 Å². The Kier molecular flexibility index (Phi) is 4.75. The molecule has 21 heavy (non-hydrogen) atoms. The van der Waals surface area contributed by atoms with E-state index in [9.17, 15) is 4.79 Å². The molecule has 0 aliphatic heterocycles. The summed E-state index contributed by atoms with van der Waals surface area (Å²) in [5.74, 6) is -0.542. The number of benzene rings is 1. The van der Waals surface area contributed by atoms with E-state index in [1.54, 1.807) is 18.2 Å². The van der Waals surface area contributed by atoms with Crippen LogP contribution >= 0.6 is 23.2 Å². The number of carboxylic acid groups (broad SMARTS) is 1. The van der Waals surface area contributed by atoms with Crippen molar-refractivity contribution in [2.45, 2.75) is 19.9 Å². The topological polar surface area (TPSA) is 64.4 Å². The van der Waals surface area contributed by atoms with Gasteiger partial charge in [-0.15, -0.1) is 0 Å². The summed E-state index contributed by atoms with van der Waals surface area (Å²) in [6.45, 7) is 1.56.